The second kappa shape index (κ2) is 10.2. The highest BCUT2D eigenvalue weighted by Gasteiger charge is 2.18. The Hall–Kier alpha value is -0.690. The molecular weight excluding hydrogens is 282 g/mol. The van der Waals surface area contributed by atoms with E-state index in [1.807, 2.05) is 0 Å². The predicted octanol–water partition coefficient (Wildman–Crippen LogP) is -0.0807. The van der Waals surface area contributed by atoms with E-state index in [1.54, 1.807) is 0 Å². The standard InChI is InChI=1S/C16H31N3O3/c20-14-15-3-1-7-19(13-15)8-5-17-16(21)4-2-6-18-9-11-22-12-10-18/h15,20H,1-14H2,(H,17,21). The number of ether oxygens (including phenoxy) is 1. The molecule has 2 saturated heterocycles. The van der Waals surface area contributed by atoms with Gasteiger partial charge in [-0.1, -0.05) is 0 Å². The number of nitrogens with one attached hydrogen (secondary N) is 1. The molecule has 2 rings (SSSR count). The Balaban J connectivity index is 1.48. The topological polar surface area (TPSA) is 65.0 Å². The van der Waals surface area contributed by atoms with Crippen LogP contribution in [0.2, 0.25) is 0 Å². The first kappa shape index (κ1) is 17.7. The quantitative estimate of drug-likeness (QED) is 0.656. The number of hydrogen-bond donors (Lipinski definition) is 2. The zero-order valence-corrected chi connectivity index (χ0v) is 13.6. The van der Waals surface area contributed by atoms with Crippen LogP contribution >= 0.6 is 0 Å². The summed E-state index contributed by atoms with van der Waals surface area (Å²) in [5, 5.41) is 12.2. The molecule has 0 spiro atoms. The molecule has 2 N–H and O–H groups in total. The highest BCUT2D eigenvalue weighted by molar-refractivity contribution is 5.75. The van der Waals surface area contributed by atoms with E-state index in [2.05, 4.69) is 15.1 Å². The molecule has 22 heavy (non-hydrogen) atoms. The lowest BCUT2D eigenvalue weighted by molar-refractivity contribution is -0.121. The van der Waals surface area contributed by atoms with Gasteiger partial charge in [-0.25, -0.2) is 0 Å². The summed E-state index contributed by atoms with van der Waals surface area (Å²) in [6.45, 7) is 8.54. The van der Waals surface area contributed by atoms with E-state index in [0.717, 1.165) is 71.7 Å². The van der Waals surface area contributed by atoms with Crippen molar-refractivity contribution >= 4 is 5.91 Å². The Labute approximate surface area is 133 Å². The number of aliphatic hydroxyl groups is 1. The van der Waals surface area contributed by atoms with Crippen LogP contribution in [0.25, 0.3) is 0 Å². The van der Waals surface area contributed by atoms with Gasteiger partial charge < -0.3 is 20.1 Å². The number of aliphatic hydroxyl groups excluding tert-OH is 1. The van der Waals surface area contributed by atoms with E-state index in [1.165, 1.54) is 0 Å². The van der Waals surface area contributed by atoms with Crippen molar-refractivity contribution in [3.63, 3.8) is 0 Å². The Kier molecular flexibility index (Phi) is 8.15. The number of likely N-dealkylation sites (tertiary alicyclic amines) is 1. The number of carbonyl (C=O) groups is 1. The van der Waals surface area contributed by atoms with Gasteiger partial charge in [-0.15, -0.1) is 0 Å². The minimum absolute atomic E-state index is 0.156. The minimum Gasteiger partial charge on any atom is -0.396 e. The van der Waals surface area contributed by atoms with Crippen LogP contribution in [0.5, 0.6) is 0 Å². The second-order valence-corrected chi connectivity index (χ2v) is 6.40. The zero-order chi connectivity index (χ0) is 15.6. The van der Waals surface area contributed by atoms with E-state index in [4.69, 9.17) is 4.74 Å². The monoisotopic (exact) mass is 313 g/mol. The van der Waals surface area contributed by atoms with Crippen LogP contribution in [-0.4, -0.2) is 86.4 Å². The van der Waals surface area contributed by atoms with Gasteiger partial charge in [0.05, 0.1) is 13.2 Å². The summed E-state index contributed by atoms with van der Waals surface area (Å²) in [7, 11) is 0. The molecule has 128 valence electrons. The van der Waals surface area contributed by atoms with Gasteiger partial charge in [-0.3, -0.25) is 9.69 Å². The van der Waals surface area contributed by atoms with E-state index in [9.17, 15) is 9.90 Å². The first-order valence-electron chi connectivity index (χ1n) is 8.68. The first-order valence-corrected chi connectivity index (χ1v) is 8.68. The predicted molar refractivity (Wildman–Crippen MR) is 85.8 cm³/mol. The van der Waals surface area contributed by atoms with Crippen LogP contribution in [0.3, 0.4) is 0 Å². The van der Waals surface area contributed by atoms with Crippen LogP contribution in [0, 0.1) is 5.92 Å². The van der Waals surface area contributed by atoms with Crippen LogP contribution in [-0.2, 0) is 9.53 Å². The highest BCUT2D eigenvalue weighted by Crippen LogP contribution is 2.14. The summed E-state index contributed by atoms with van der Waals surface area (Å²) in [6, 6.07) is 0. The summed E-state index contributed by atoms with van der Waals surface area (Å²) in [4.78, 5) is 16.5. The van der Waals surface area contributed by atoms with Crippen LogP contribution in [0.1, 0.15) is 25.7 Å². The second-order valence-electron chi connectivity index (χ2n) is 6.40. The van der Waals surface area contributed by atoms with Gasteiger partial charge in [-0.2, -0.15) is 0 Å². The van der Waals surface area contributed by atoms with Crippen LogP contribution in [0.15, 0.2) is 0 Å². The maximum Gasteiger partial charge on any atom is 0.220 e. The van der Waals surface area contributed by atoms with Crippen molar-refractivity contribution in [3.05, 3.63) is 0 Å². The maximum absolute atomic E-state index is 11.8. The zero-order valence-electron chi connectivity index (χ0n) is 13.6. The average Bonchev–Trinajstić information content (AvgIpc) is 2.56. The molecule has 2 aliphatic heterocycles. The van der Waals surface area contributed by atoms with E-state index < -0.39 is 0 Å². The van der Waals surface area contributed by atoms with Crippen LogP contribution < -0.4 is 5.32 Å². The Morgan fingerprint density at radius 3 is 2.77 bits per heavy atom. The highest BCUT2D eigenvalue weighted by atomic mass is 16.5. The molecule has 2 fully saturated rings. The summed E-state index contributed by atoms with van der Waals surface area (Å²) < 4.78 is 5.31. The molecule has 1 amide bonds. The SMILES string of the molecule is O=C(CCCN1CCOCC1)NCCN1CCCC(CO)C1. The molecule has 2 aliphatic rings. The number of rotatable bonds is 8. The molecule has 6 nitrogen and oxygen atoms in total. The molecule has 0 bridgehead atoms. The van der Waals surface area contributed by atoms with Gasteiger partial charge in [0, 0.05) is 45.8 Å². The molecule has 0 aromatic carbocycles. The number of nitrogens with zero attached hydrogens (tertiary/aromatic N) is 2. The van der Waals surface area contributed by atoms with Crippen molar-refractivity contribution in [2.24, 2.45) is 5.92 Å². The lowest BCUT2D eigenvalue weighted by atomic mass is 9.99. The third-order valence-corrected chi connectivity index (χ3v) is 4.59. The Bertz CT molecular complexity index is 322. The molecule has 2 heterocycles. The van der Waals surface area contributed by atoms with Crippen molar-refractivity contribution < 1.29 is 14.6 Å². The number of hydrogen-bond acceptors (Lipinski definition) is 5. The molecule has 0 aliphatic carbocycles. The molecular formula is C16H31N3O3. The largest absolute Gasteiger partial charge is 0.396 e. The van der Waals surface area contributed by atoms with Crippen LogP contribution in [0.4, 0.5) is 0 Å². The van der Waals surface area contributed by atoms with E-state index in [-0.39, 0.29) is 12.5 Å². The van der Waals surface area contributed by atoms with Crippen molar-refractivity contribution in [3.8, 4) is 0 Å². The smallest absolute Gasteiger partial charge is 0.220 e. The molecule has 1 unspecified atom stereocenters. The fourth-order valence-corrected chi connectivity index (χ4v) is 3.23. The van der Waals surface area contributed by atoms with Gasteiger partial charge in [0.15, 0.2) is 0 Å². The number of amides is 1. The van der Waals surface area contributed by atoms with E-state index in [0.29, 0.717) is 18.9 Å². The first-order chi connectivity index (χ1) is 10.8. The Morgan fingerprint density at radius 1 is 1.18 bits per heavy atom. The van der Waals surface area contributed by atoms with Crippen molar-refractivity contribution in [1.82, 2.24) is 15.1 Å². The van der Waals surface area contributed by atoms with Gasteiger partial charge in [0.1, 0.15) is 0 Å². The van der Waals surface area contributed by atoms with E-state index >= 15 is 0 Å². The van der Waals surface area contributed by atoms with Crippen molar-refractivity contribution in [2.75, 3.05) is 65.6 Å². The van der Waals surface area contributed by atoms with Gasteiger partial charge >= 0.3 is 0 Å². The van der Waals surface area contributed by atoms with Gasteiger partial charge in [0.25, 0.3) is 0 Å². The number of morpholine rings is 1. The fraction of sp³-hybridized carbons (Fsp3) is 0.938. The van der Waals surface area contributed by atoms with Crippen molar-refractivity contribution in [1.29, 1.82) is 0 Å². The minimum atomic E-state index is 0.156. The summed E-state index contributed by atoms with van der Waals surface area (Å²) in [5.41, 5.74) is 0. The summed E-state index contributed by atoms with van der Waals surface area (Å²) >= 11 is 0. The lowest BCUT2D eigenvalue weighted by Crippen LogP contribution is -2.41. The molecule has 0 aromatic rings. The Morgan fingerprint density at radius 2 is 2.00 bits per heavy atom. The fourth-order valence-electron chi connectivity index (χ4n) is 3.23. The summed E-state index contributed by atoms with van der Waals surface area (Å²) in [6.07, 6.45) is 3.80. The third-order valence-electron chi connectivity index (χ3n) is 4.59. The normalized spacial score (nSPS) is 24.3. The lowest BCUT2D eigenvalue weighted by Gasteiger charge is -2.31. The molecule has 0 aromatic heterocycles. The van der Waals surface area contributed by atoms with Crippen molar-refractivity contribution in [2.45, 2.75) is 25.7 Å². The molecule has 6 heteroatoms. The average molecular weight is 313 g/mol. The molecule has 1 atom stereocenters. The maximum atomic E-state index is 11.8. The third kappa shape index (κ3) is 6.60. The molecule has 0 radical (unpaired) electrons. The van der Waals surface area contributed by atoms with Gasteiger partial charge in [0.2, 0.25) is 5.91 Å². The summed E-state index contributed by atoms with van der Waals surface area (Å²) in [5.74, 6) is 0.571. The molecule has 0 saturated carbocycles. The van der Waals surface area contributed by atoms with Gasteiger partial charge in [-0.05, 0) is 38.3 Å². The number of piperidine rings is 1. The number of carbonyl (C=O) groups excluding carboxylic acids is 1.